The maximum Gasteiger partial charge on any atom is 0.109 e. The van der Waals surface area contributed by atoms with Gasteiger partial charge in [-0.15, -0.1) is 12.4 Å². The van der Waals surface area contributed by atoms with Gasteiger partial charge >= 0.3 is 0 Å². The van der Waals surface area contributed by atoms with Gasteiger partial charge in [0.1, 0.15) is 5.82 Å². The highest BCUT2D eigenvalue weighted by Crippen LogP contribution is 2.25. The molecule has 0 bridgehead atoms. The second kappa shape index (κ2) is 6.46. The standard InChI is InChI=1S/C15H26N4.ClH/c1-15(6-7-16-11-15)12-18(2)9-13-10-19-8-4-3-5-14(19)17-13;/h10,16H,3-9,11-12H2,1-2H3;1H. The van der Waals surface area contributed by atoms with Gasteiger partial charge < -0.3 is 9.88 Å². The molecule has 1 unspecified atom stereocenters. The molecule has 114 valence electrons. The van der Waals surface area contributed by atoms with Crippen LogP contribution in [0.4, 0.5) is 0 Å². The monoisotopic (exact) mass is 298 g/mol. The lowest BCUT2D eigenvalue weighted by Gasteiger charge is -2.28. The van der Waals surface area contributed by atoms with Crippen molar-refractivity contribution >= 4 is 12.4 Å². The van der Waals surface area contributed by atoms with Gasteiger partial charge in [0.2, 0.25) is 0 Å². The quantitative estimate of drug-likeness (QED) is 0.924. The Bertz CT molecular complexity index is 414. The minimum absolute atomic E-state index is 0. The molecule has 20 heavy (non-hydrogen) atoms. The topological polar surface area (TPSA) is 33.1 Å². The van der Waals surface area contributed by atoms with Crippen molar-refractivity contribution in [2.24, 2.45) is 5.41 Å². The maximum absolute atomic E-state index is 4.79. The minimum Gasteiger partial charge on any atom is -0.335 e. The van der Waals surface area contributed by atoms with E-state index in [0.29, 0.717) is 5.41 Å². The van der Waals surface area contributed by atoms with E-state index in [2.05, 4.69) is 35.0 Å². The zero-order valence-corrected chi connectivity index (χ0v) is 13.5. The van der Waals surface area contributed by atoms with Crippen molar-refractivity contribution in [3.63, 3.8) is 0 Å². The number of hydrogen-bond donors (Lipinski definition) is 1. The predicted molar refractivity (Wildman–Crippen MR) is 84.3 cm³/mol. The summed E-state index contributed by atoms with van der Waals surface area (Å²) >= 11 is 0. The van der Waals surface area contributed by atoms with E-state index in [1.807, 2.05) is 0 Å². The Morgan fingerprint density at radius 2 is 2.30 bits per heavy atom. The number of imidazole rings is 1. The van der Waals surface area contributed by atoms with Crippen LogP contribution < -0.4 is 5.32 Å². The molecule has 0 amide bonds. The molecule has 1 N–H and O–H groups in total. The molecule has 0 aromatic carbocycles. The number of rotatable bonds is 4. The average Bonchev–Trinajstić information content (AvgIpc) is 2.94. The van der Waals surface area contributed by atoms with Crippen LogP contribution in [0.5, 0.6) is 0 Å². The second-order valence-electron chi connectivity index (χ2n) is 6.71. The van der Waals surface area contributed by atoms with E-state index in [1.54, 1.807) is 0 Å². The number of nitrogens with zero attached hydrogens (tertiary/aromatic N) is 3. The fourth-order valence-corrected chi connectivity index (χ4v) is 3.54. The molecule has 2 aliphatic rings. The van der Waals surface area contributed by atoms with Gasteiger partial charge in [-0.1, -0.05) is 6.92 Å². The molecule has 0 aliphatic carbocycles. The number of halogens is 1. The van der Waals surface area contributed by atoms with Crippen LogP contribution in [0.3, 0.4) is 0 Å². The summed E-state index contributed by atoms with van der Waals surface area (Å²) in [6, 6.07) is 0. The lowest BCUT2D eigenvalue weighted by molar-refractivity contribution is 0.202. The summed E-state index contributed by atoms with van der Waals surface area (Å²) in [7, 11) is 2.22. The first-order valence-corrected chi connectivity index (χ1v) is 7.59. The third-order valence-corrected chi connectivity index (χ3v) is 4.50. The maximum atomic E-state index is 4.79. The lowest BCUT2D eigenvalue weighted by Crippen LogP contribution is -2.34. The van der Waals surface area contributed by atoms with Crippen LogP contribution in [-0.2, 0) is 19.5 Å². The molecule has 3 heterocycles. The van der Waals surface area contributed by atoms with E-state index in [0.717, 1.165) is 32.6 Å². The summed E-state index contributed by atoms with van der Waals surface area (Å²) in [6.45, 7) is 8.01. The fraction of sp³-hybridized carbons (Fsp3) is 0.800. The van der Waals surface area contributed by atoms with Crippen molar-refractivity contribution in [2.75, 3.05) is 26.7 Å². The molecule has 5 heteroatoms. The first kappa shape index (κ1) is 15.8. The Labute approximate surface area is 128 Å². The first-order valence-electron chi connectivity index (χ1n) is 7.59. The molecule has 0 radical (unpaired) electrons. The van der Waals surface area contributed by atoms with E-state index in [1.165, 1.54) is 37.3 Å². The van der Waals surface area contributed by atoms with Crippen LogP contribution in [0.2, 0.25) is 0 Å². The Morgan fingerprint density at radius 3 is 3.00 bits per heavy atom. The van der Waals surface area contributed by atoms with Gasteiger partial charge in [0.15, 0.2) is 0 Å². The van der Waals surface area contributed by atoms with Gasteiger partial charge in [0, 0.05) is 38.8 Å². The number of aromatic nitrogens is 2. The van der Waals surface area contributed by atoms with E-state index in [9.17, 15) is 0 Å². The van der Waals surface area contributed by atoms with Crippen LogP contribution >= 0.6 is 12.4 Å². The van der Waals surface area contributed by atoms with Crippen LogP contribution in [0.15, 0.2) is 6.20 Å². The molecular formula is C15H27ClN4. The summed E-state index contributed by atoms with van der Waals surface area (Å²) < 4.78 is 2.35. The second-order valence-corrected chi connectivity index (χ2v) is 6.71. The van der Waals surface area contributed by atoms with Crippen molar-refractivity contribution in [1.82, 2.24) is 19.8 Å². The molecule has 0 spiro atoms. The first-order chi connectivity index (χ1) is 9.15. The van der Waals surface area contributed by atoms with Crippen LogP contribution in [0.25, 0.3) is 0 Å². The molecule has 1 fully saturated rings. The Hall–Kier alpha value is -0.580. The number of aryl methyl sites for hydroxylation is 2. The number of hydrogen-bond acceptors (Lipinski definition) is 3. The van der Waals surface area contributed by atoms with Crippen molar-refractivity contribution in [3.05, 3.63) is 17.7 Å². The Kier molecular flexibility index (Phi) is 5.10. The smallest absolute Gasteiger partial charge is 0.109 e. The average molecular weight is 299 g/mol. The van der Waals surface area contributed by atoms with Gasteiger partial charge in [0.05, 0.1) is 5.69 Å². The van der Waals surface area contributed by atoms with Crippen LogP contribution in [0.1, 0.15) is 37.7 Å². The highest BCUT2D eigenvalue weighted by Gasteiger charge is 2.29. The van der Waals surface area contributed by atoms with Crippen molar-refractivity contribution in [1.29, 1.82) is 0 Å². The third-order valence-electron chi connectivity index (χ3n) is 4.50. The van der Waals surface area contributed by atoms with Crippen molar-refractivity contribution in [2.45, 2.75) is 45.7 Å². The summed E-state index contributed by atoms with van der Waals surface area (Å²) in [5.41, 5.74) is 1.68. The predicted octanol–water partition coefficient (Wildman–Crippen LogP) is 2.07. The molecule has 1 aromatic heterocycles. The van der Waals surface area contributed by atoms with Crippen molar-refractivity contribution in [3.8, 4) is 0 Å². The Balaban J connectivity index is 0.00000147. The number of fused-ring (bicyclic) bond motifs is 1. The molecule has 1 atom stereocenters. The largest absolute Gasteiger partial charge is 0.335 e. The summed E-state index contributed by atoms with van der Waals surface area (Å²) in [4.78, 5) is 7.23. The normalized spacial score (nSPS) is 25.6. The van der Waals surface area contributed by atoms with Gasteiger partial charge in [-0.3, -0.25) is 4.90 Å². The highest BCUT2D eigenvalue weighted by molar-refractivity contribution is 5.85. The van der Waals surface area contributed by atoms with Gasteiger partial charge in [-0.2, -0.15) is 0 Å². The van der Waals surface area contributed by atoms with Crippen LogP contribution in [-0.4, -0.2) is 41.1 Å². The molecule has 1 aromatic rings. The third kappa shape index (κ3) is 3.54. The highest BCUT2D eigenvalue weighted by atomic mass is 35.5. The summed E-state index contributed by atoms with van der Waals surface area (Å²) in [6.07, 6.45) is 7.32. The van der Waals surface area contributed by atoms with E-state index in [-0.39, 0.29) is 12.4 Å². The van der Waals surface area contributed by atoms with E-state index >= 15 is 0 Å². The zero-order valence-electron chi connectivity index (χ0n) is 12.7. The molecule has 3 rings (SSSR count). The molecule has 2 aliphatic heterocycles. The minimum atomic E-state index is 0. The molecule has 1 saturated heterocycles. The molecular weight excluding hydrogens is 272 g/mol. The van der Waals surface area contributed by atoms with Crippen molar-refractivity contribution < 1.29 is 0 Å². The SMILES string of the molecule is CN(Cc1cn2c(n1)CCCC2)CC1(C)CCNC1.Cl. The molecule has 4 nitrogen and oxygen atoms in total. The van der Waals surface area contributed by atoms with Gasteiger partial charge in [-0.25, -0.2) is 4.98 Å². The Morgan fingerprint density at radius 1 is 1.45 bits per heavy atom. The van der Waals surface area contributed by atoms with Gasteiger partial charge in [0.25, 0.3) is 0 Å². The summed E-state index contributed by atoms with van der Waals surface area (Å²) in [5.74, 6) is 1.29. The van der Waals surface area contributed by atoms with E-state index < -0.39 is 0 Å². The zero-order chi connectivity index (χ0) is 13.3. The number of nitrogens with one attached hydrogen (secondary N) is 1. The summed E-state index contributed by atoms with van der Waals surface area (Å²) in [5, 5.41) is 3.48. The van der Waals surface area contributed by atoms with Crippen LogP contribution in [0, 0.1) is 5.41 Å². The van der Waals surface area contributed by atoms with E-state index in [4.69, 9.17) is 4.98 Å². The molecule has 0 saturated carbocycles. The van der Waals surface area contributed by atoms with Gasteiger partial charge in [-0.05, 0) is 38.3 Å². The fourth-order valence-electron chi connectivity index (χ4n) is 3.54. The lowest BCUT2D eigenvalue weighted by atomic mass is 9.89.